The Morgan fingerprint density at radius 2 is 0.515 bits per heavy atom. The molecule has 0 radical (unpaired) electrons. The largest absolute Gasteiger partial charge is 3.00 e. The first kappa shape index (κ1) is 71.3. The number of pyridine rings is 2. The maximum atomic E-state index is 8.25. The van der Waals surface area contributed by atoms with Gasteiger partial charge in [0.1, 0.15) is 22.8 Å². The number of aromatic nitrogens is 14. The quantitative estimate of drug-likeness (QED) is 0.177. The number of rotatable bonds is 4. The topological polar surface area (TPSA) is 625 Å². The minimum absolute atomic E-state index is 0. The fourth-order valence-corrected chi connectivity index (χ4v) is 2.83. The van der Waals surface area contributed by atoms with Crippen molar-refractivity contribution in [1.82, 2.24) is 70.7 Å². The van der Waals surface area contributed by atoms with E-state index in [2.05, 4.69) is 70.7 Å². The van der Waals surface area contributed by atoms with Gasteiger partial charge in [0.2, 0.25) is 0 Å². The van der Waals surface area contributed by atoms with Crippen LogP contribution >= 0.6 is 0 Å². The van der Waals surface area contributed by atoms with Gasteiger partial charge in [-0.2, -0.15) is 30.9 Å². The molecule has 42 heteroatoms. The Labute approximate surface area is 455 Å². The van der Waals surface area contributed by atoms with Crippen molar-refractivity contribution < 1.29 is 129 Å². The van der Waals surface area contributed by atoms with Crippen LogP contribution in [0.4, 0.5) is 0 Å². The maximum absolute atomic E-state index is 8.25. The van der Waals surface area contributed by atoms with Crippen molar-refractivity contribution >= 4 is 0 Å². The zero-order valence-electron chi connectivity index (χ0n) is 33.0. The normalized spacial score (nSPS) is 7.76. The molecule has 0 saturated carbocycles. The molecule has 68 heavy (non-hydrogen) atoms. The third kappa shape index (κ3) is 52.0. The Hall–Kier alpha value is -8.31. The van der Waals surface area contributed by atoms with E-state index in [9.17, 15) is 0 Å². The van der Waals surface area contributed by atoms with E-state index in [-0.39, 0.29) is 98.8 Å². The Bertz CT molecular complexity index is 2030. The van der Waals surface area contributed by atoms with Crippen LogP contribution in [0.1, 0.15) is 13.8 Å². The molecule has 0 aliphatic carbocycles. The van der Waals surface area contributed by atoms with Gasteiger partial charge in [0.05, 0.1) is 67.4 Å². The summed E-state index contributed by atoms with van der Waals surface area (Å²) in [6.07, 6.45) is 12.3. The molecule has 0 N–H and O–H groups in total. The molecule has 0 amide bonds. The summed E-state index contributed by atoms with van der Waals surface area (Å²) in [5, 5.41) is 134. The van der Waals surface area contributed by atoms with E-state index in [1.165, 1.54) is 38.6 Å². The van der Waals surface area contributed by atoms with Gasteiger partial charge in [-0.1, -0.05) is 12.1 Å². The molecular formula is C26H20Eu2N22O18. The molecule has 0 aliphatic heterocycles. The van der Waals surface area contributed by atoms with E-state index in [0.29, 0.717) is 46.1 Å². The van der Waals surface area contributed by atoms with Crippen LogP contribution in [0.2, 0.25) is 0 Å². The molecule has 40 nitrogen and oxygen atoms in total. The fourth-order valence-electron chi connectivity index (χ4n) is 2.83. The van der Waals surface area contributed by atoms with Gasteiger partial charge in [0.25, 0.3) is 0 Å². The standard InChI is InChI=1S/2C11H7N7.2C2H3N.2Eu.6NO3/c2*1-2-8(10-12-4-6-14-17-10)16-9(3-1)11-13-5-7-15-18-11;2*1-2-3;;;6*2-1(3)4/h2*1-7H;2*1H3;;;;;;;;/q;;;;2*+3;6*-1. The van der Waals surface area contributed by atoms with E-state index < -0.39 is 30.5 Å². The van der Waals surface area contributed by atoms with Crippen molar-refractivity contribution in [3.8, 4) is 58.2 Å². The molecule has 0 spiro atoms. The van der Waals surface area contributed by atoms with E-state index >= 15 is 0 Å². The van der Waals surface area contributed by atoms with E-state index in [0.717, 1.165) is 0 Å². The smallest absolute Gasteiger partial charge is 0.356 e. The molecule has 6 heterocycles. The van der Waals surface area contributed by atoms with Gasteiger partial charge in [-0.25, -0.2) is 29.9 Å². The zero-order valence-corrected chi connectivity index (χ0v) is 37.9. The summed E-state index contributed by atoms with van der Waals surface area (Å²) in [5.41, 5.74) is 2.47. The SMILES string of the molecule is CC#N.CC#N.O=[N+]([O-])[O-].O=[N+]([O-])[O-].O=[N+]([O-])[O-].O=[N+]([O-])[O-].O=[N+]([O-])[O-].O=[N+]([O-])[O-].[Eu+3].[Eu+3].c1cc(-c2nccnn2)nc(-c2nccnn2)c1.c1cc(-c2nccnn2)nc(-c2nccnn2)c1. The van der Waals surface area contributed by atoms with Crippen LogP contribution in [0.3, 0.4) is 0 Å². The van der Waals surface area contributed by atoms with Crippen molar-refractivity contribution in [2.75, 3.05) is 0 Å². The van der Waals surface area contributed by atoms with Crippen LogP contribution in [-0.2, 0) is 0 Å². The van der Waals surface area contributed by atoms with Gasteiger partial charge < -0.3 is 91.9 Å². The Morgan fingerprint density at radius 3 is 0.632 bits per heavy atom. The number of nitriles is 2. The number of nitrogens with zero attached hydrogens (tertiary/aromatic N) is 22. The molecule has 6 aromatic heterocycles. The predicted molar refractivity (Wildman–Crippen MR) is 209 cm³/mol. The van der Waals surface area contributed by atoms with Crippen molar-refractivity contribution in [3.63, 3.8) is 0 Å². The van der Waals surface area contributed by atoms with Gasteiger partial charge in [-0.15, -0.1) is 20.4 Å². The van der Waals surface area contributed by atoms with Crippen molar-refractivity contribution in [1.29, 1.82) is 10.5 Å². The molecule has 0 bridgehead atoms. The van der Waals surface area contributed by atoms with Crippen molar-refractivity contribution in [2.45, 2.75) is 13.8 Å². The molecule has 356 valence electrons. The Morgan fingerprint density at radius 1 is 0.368 bits per heavy atom. The summed E-state index contributed by atoms with van der Waals surface area (Å²) in [6, 6.07) is 14.4. The Kier molecular flexibility index (Phi) is 50.5. The molecule has 6 aromatic rings. The van der Waals surface area contributed by atoms with Crippen LogP contribution in [0.15, 0.2) is 86.0 Å². The summed E-state index contributed by atoms with van der Waals surface area (Å²) in [7, 11) is 0. The molecule has 0 aromatic carbocycles. The minimum atomic E-state index is -1.75. The number of hydrogen-bond acceptors (Lipinski definition) is 34. The minimum Gasteiger partial charge on any atom is -0.356 e. The van der Waals surface area contributed by atoms with E-state index in [1.54, 1.807) is 61.2 Å². The fraction of sp³-hybridized carbons (Fsp3) is 0.0769. The maximum Gasteiger partial charge on any atom is 3.00 e. The van der Waals surface area contributed by atoms with Crippen molar-refractivity contribution in [2.24, 2.45) is 0 Å². The predicted octanol–water partition coefficient (Wildman–Crippen LogP) is 1.20. The van der Waals surface area contributed by atoms with Crippen molar-refractivity contribution in [3.05, 3.63) is 178 Å². The summed E-state index contributed by atoms with van der Waals surface area (Å²) < 4.78 is 0. The van der Waals surface area contributed by atoms with Gasteiger partial charge in [-0.05, 0) is 24.3 Å². The first-order valence-corrected chi connectivity index (χ1v) is 15.1. The zero-order chi connectivity index (χ0) is 51.3. The van der Waals surface area contributed by atoms with Crippen LogP contribution in [0.5, 0.6) is 0 Å². The molecular weight excluding hydrogens is 1210 g/mol. The molecule has 0 unspecified atom stereocenters. The third-order valence-corrected chi connectivity index (χ3v) is 4.35. The van der Waals surface area contributed by atoms with E-state index in [4.69, 9.17) is 102 Å². The molecule has 0 fully saturated rings. The third-order valence-electron chi connectivity index (χ3n) is 4.35. The molecule has 0 aliphatic rings. The van der Waals surface area contributed by atoms with E-state index in [1.807, 2.05) is 12.1 Å². The molecule has 6 rings (SSSR count). The molecule has 0 saturated heterocycles. The van der Waals surface area contributed by atoms with Gasteiger partial charge in [0.15, 0.2) is 23.3 Å². The van der Waals surface area contributed by atoms with Crippen LogP contribution in [0, 0.1) is 213 Å². The summed E-state index contributed by atoms with van der Waals surface area (Å²) in [5.74, 6) is 1.85. The summed E-state index contributed by atoms with van der Waals surface area (Å²) in [4.78, 5) is 74.6. The van der Waals surface area contributed by atoms with Crippen LogP contribution < -0.4 is 0 Å². The first-order valence-electron chi connectivity index (χ1n) is 15.1. The second-order valence-corrected chi connectivity index (χ2v) is 8.47. The second kappa shape index (κ2) is 48.2. The first-order chi connectivity index (χ1) is 31.1. The summed E-state index contributed by atoms with van der Waals surface area (Å²) >= 11 is 0. The average molecular weight is 1230 g/mol. The monoisotopic (exact) mass is 1230 g/mol. The summed E-state index contributed by atoms with van der Waals surface area (Å²) in [6.45, 7) is 2.86. The Balaban J connectivity index is -0.000000177. The van der Waals surface area contributed by atoms with Crippen LogP contribution in [-0.4, -0.2) is 101 Å². The van der Waals surface area contributed by atoms with Crippen LogP contribution in [0.25, 0.3) is 46.1 Å². The van der Waals surface area contributed by atoms with Gasteiger partial charge >= 0.3 is 98.8 Å². The average Bonchev–Trinajstić information content (AvgIpc) is 3.25. The van der Waals surface area contributed by atoms with Gasteiger partial charge in [-0.3, -0.25) is 0 Å². The number of hydrogen-bond donors (Lipinski definition) is 0. The second-order valence-electron chi connectivity index (χ2n) is 8.47. The molecule has 0 atom stereocenters. The van der Waals surface area contributed by atoms with Gasteiger partial charge in [0, 0.05) is 38.6 Å².